The van der Waals surface area contributed by atoms with E-state index in [0.29, 0.717) is 27.2 Å². The first-order valence-corrected chi connectivity index (χ1v) is 11.7. The Morgan fingerprint density at radius 3 is 2.52 bits per heavy atom. The first kappa shape index (κ1) is 22.3. The molecule has 1 N–H and O–H groups in total. The van der Waals surface area contributed by atoms with E-state index >= 15 is 0 Å². The fraction of sp³-hybridized carbons (Fsp3) is 0.696. The highest BCUT2D eigenvalue weighted by Gasteiger charge is 2.46. The Morgan fingerprint density at radius 1 is 1.26 bits per heavy atom. The van der Waals surface area contributed by atoms with Crippen molar-refractivity contribution in [2.75, 3.05) is 19.6 Å². The number of piperidine rings is 1. The van der Waals surface area contributed by atoms with Crippen LogP contribution in [0.1, 0.15) is 63.2 Å². The van der Waals surface area contributed by atoms with Gasteiger partial charge in [-0.05, 0) is 62.6 Å². The standard InChI is InChI=1S/C23H35ClN6O/c1-22(2,3)6-9-30-10-7-23(8-11-30)12-17(13-23)26-21(31)18-19(27-29(5)20(18)24)16-14-25-28(4)15-16/h14-15,17H,6-13H2,1-5H3,(H,26,31). The van der Waals surface area contributed by atoms with Crippen molar-refractivity contribution in [2.24, 2.45) is 24.9 Å². The summed E-state index contributed by atoms with van der Waals surface area (Å²) in [6.45, 7) is 10.5. The highest BCUT2D eigenvalue weighted by Crippen LogP contribution is 2.49. The van der Waals surface area contributed by atoms with Gasteiger partial charge in [-0.25, -0.2) is 0 Å². The Balaban J connectivity index is 1.33. The number of nitrogens with zero attached hydrogens (tertiary/aromatic N) is 5. The maximum atomic E-state index is 13.1. The van der Waals surface area contributed by atoms with Crippen LogP contribution in [0.4, 0.5) is 0 Å². The second-order valence-corrected chi connectivity index (χ2v) is 11.1. The molecule has 1 aliphatic carbocycles. The van der Waals surface area contributed by atoms with E-state index in [9.17, 15) is 4.79 Å². The molecule has 7 nitrogen and oxygen atoms in total. The molecule has 1 spiro atoms. The lowest BCUT2D eigenvalue weighted by molar-refractivity contribution is 0.00470. The SMILES string of the molecule is Cn1cc(-c2nn(C)c(Cl)c2C(=O)NC2CC3(CCN(CCC(C)(C)C)CC3)C2)cn1. The zero-order valence-corrected chi connectivity index (χ0v) is 20.2. The van der Waals surface area contributed by atoms with Crippen LogP contribution in [0.15, 0.2) is 12.4 Å². The average Bonchev–Trinajstić information content (AvgIpc) is 3.22. The van der Waals surface area contributed by atoms with Crippen LogP contribution in [0.5, 0.6) is 0 Å². The van der Waals surface area contributed by atoms with Gasteiger partial charge in [0.1, 0.15) is 16.4 Å². The minimum absolute atomic E-state index is 0.139. The van der Waals surface area contributed by atoms with Gasteiger partial charge in [0.2, 0.25) is 0 Å². The van der Waals surface area contributed by atoms with Gasteiger partial charge in [-0.15, -0.1) is 0 Å². The van der Waals surface area contributed by atoms with Gasteiger partial charge < -0.3 is 10.2 Å². The summed E-state index contributed by atoms with van der Waals surface area (Å²) in [5.74, 6) is -0.139. The molecule has 1 amide bonds. The third kappa shape index (κ3) is 4.82. The van der Waals surface area contributed by atoms with Gasteiger partial charge in [0, 0.05) is 31.9 Å². The van der Waals surface area contributed by atoms with E-state index in [2.05, 4.69) is 41.2 Å². The van der Waals surface area contributed by atoms with Crippen LogP contribution in [-0.4, -0.2) is 56.0 Å². The van der Waals surface area contributed by atoms with Crippen molar-refractivity contribution in [2.45, 2.75) is 58.9 Å². The van der Waals surface area contributed by atoms with Crippen molar-refractivity contribution in [3.8, 4) is 11.3 Å². The third-order valence-corrected chi connectivity index (χ3v) is 7.40. The van der Waals surface area contributed by atoms with Crippen LogP contribution in [0.2, 0.25) is 5.15 Å². The number of carbonyl (C=O) groups is 1. The molecule has 1 saturated heterocycles. The lowest BCUT2D eigenvalue weighted by atomic mass is 9.60. The van der Waals surface area contributed by atoms with E-state index in [1.165, 1.54) is 38.9 Å². The van der Waals surface area contributed by atoms with E-state index < -0.39 is 0 Å². The molecule has 31 heavy (non-hydrogen) atoms. The van der Waals surface area contributed by atoms with Gasteiger partial charge in [-0.2, -0.15) is 10.2 Å². The number of halogens is 1. The molecule has 3 heterocycles. The van der Waals surface area contributed by atoms with Crippen molar-refractivity contribution in [1.29, 1.82) is 0 Å². The molecule has 1 aliphatic heterocycles. The Kier molecular flexibility index (Phi) is 5.94. The van der Waals surface area contributed by atoms with Crippen LogP contribution in [0.3, 0.4) is 0 Å². The summed E-state index contributed by atoms with van der Waals surface area (Å²) in [4.78, 5) is 15.7. The molecule has 1 saturated carbocycles. The molecule has 0 aromatic carbocycles. The number of rotatable bonds is 5. The highest BCUT2D eigenvalue weighted by molar-refractivity contribution is 6.33. The zero-order chi connectivity index (χ0) is 22.4. The van der Waals surface area contributed by atoms with Crippen LogP contribution >= 0.6 is 11.6 Å². The largest absolute Gasteiger partial charge is 0.349 e. The van der Waals surface area contributed by atoms with Crippen molar-refractivity contribution in [3.05, 3.63) is 23.1 Å². The van der Waals surface area contributed by atoms with E-state index in [1.807, 2.05) is 13.2 Å². The van der Waals surface area contributed by atoms with E-state index in [4.69, 9.17) is 11.6 Å². The number of likely N-dealkylation sites (tertiary alicyclic amines) is 1. The fourth-order valence-corrected chi connectivity index (χ4v) is 5.16. The van der Waals surface area contributed by atoms with Crippen molar-refractivity contribution >= 4 is 17.5 Å². The Labute approximate surface area is 190 Å². The van der Waals surface area contributed by atoms with Crippen molar-refractivity contribution in [1.82, 2.24) is 29.8 Å². The molecule has 170 valence electrons. The van der Waals surface area contributed by atoms with Crippen LogP contribution in [0.25, 0.3) is 11.3 Å². The number of aryl methyl sites for hydroxylation is 2. The maximum Gasteiger partial charge on any atom is 0.256 e. The number of nitrogens with one attached hydrogen (secondary N) is 1. The number of hydrogen-bond donors (Lipinski definition) is 1. The second-order valence-electron chi connectivity index (χ2n) is 10.8. The quantitative estimate of drug-likeness (QED) is 0.756. The molecule has 0 unspecified atom stereocenters. The molecule has 2 fully saturated rings. The van der Waals surface area contributed by atoms with E-state index in [-0.39, 0.29) is 11.9 Å². The van der Waals surface area contributed by atoms with Gasteiger partial charge in [0.25, 0.3) is 5.91 Å². The first-order valence-electron chi connectivity index (χ1n) is 11.3. The molecule has 8 heteroatoms. The van der Waals surface area contributed by atoms with Crippen LogP contribution in [0, 0.1) is 10.8 Å². The predicted molar refractivity (Wildman–Crippen MR) is 123 cm³/mol. The normalized spacial score (nSPS) is 19.5. The number of amides is 1. The predicted octanol–water partition coefficient (Wildman–Crippen LogP) is 3.88. The van der Waals surface area contributed by atoms with E-state index in [1.54, 1.807) is 22.6 Å². The minimum Gasteiger partial charge on any atom is -0.349 e. The lowest BCUT2D eigenvalue weighted by Crippen LogP contribution is -2.55. The summed E-state index contributed by atoms with van der Waals surface area (Å²) in [5.41, 5.74) is 2.61. The molecule has 2 aliphatic rings. The van der Waals surface area contributed by atoms with Gasteiger partial charge >= 0.3 is 0 Å². The third-order valence-electron chi connectivity index (χ3n) is 6.97. The van der Waals surface area contributed by atoms with Gasteiger partial charge in [0.15, 0.2) is 0 Å². The van der Waals surface area contributed by atoms with Gasteiger partial charge in [-0.3, -0.25) is 14.2 Å². The zero-order valence-electron chi connectivity index (χ0n) is 19.4. The lowest BCUT2D eigenvalue weighted by Gasteiger charge is -2.52. The summed E-state index contributed by atoms with van der Waals surface area (Å²) >= 11 is 6.44. The topological polar surface area (TPSA) is 68.0 Å². The van der Waals surface area contributed by atoms with Crippen molar-refractivity contribution < 1.29 is 4.79 Å². The first-order chi connectivity index (χ1) is 14.6. The number of aromatic nitrogens is 4. The smallest absolute Gasteiger partial charge is 0.256 e. The molecule has 0 radical (unpaired) electrons. The van der Waals surface area contributed by atoms with Crippen LogP contribution < -0.4 is 5.32 Å². The summed E-state index contributed by atoms with van der Waals surface area (Å²) in [6.07, 6.45) is 9.39. The summed E-state index contributed by atoms with van der Waals surface area (Å²) in [6, 6.07) is 0.214. The number of hydrogen-bond acceptors (Lipinski definition) is 4. The fourth-order valence-electron chi connectivity index (χ4n) is 4.95. The van der Waals surface area contributed by atoms with Gasteiger partial charge in [0.05, 0.1) is 6.20 Å². The molecular weight excluding hydrogens is 412 g/mol. The number of carbonyl (C=O) groups excluding carboxylic acids is 1. The van der Waals surface area contributed by atoms with Crippen LogP contribution in [-0.2, 0) is 14.1 Å². The van der Waals surface area contributed by atoms with Crippen molar-refractivity contribution in [3.63, 3.8) is 0 Å². The Morgan fingerprint density at radius 2 is 1.94 bits per heavy atom. The average molecular weight is 447 g/mol. The summed E-state index contributed by atoms with van der Waals surface area (Å²) in [7, 11) is 3.60. The maximum absolute atomic E-state index is 13.1. The molecule has 0 atom stereocenters. The molecule has 4 rings (SSSR count). The Bertz CT molecular complexity index is 940. The summed E-state index contributed by atoms with van der Waals surface area (Å²) < 4.78 is 3.25. The molecular formula is C23H35ClN6O. The molecule has 2 aromatic heterocycles. The highest BCUT2D eigenvalue weighted by atomic mass is 35.5. The van der Waals surface area contributed by atoms with Gasteiger partial charge in [-0.1, -0.05) is 32.4 Å². The minimum atomic E-state index is -0.139. The monoisotopic (exact) mass is 446 g/mol. The van der Waals surface area contributed by atoms with E-state index in [0.717, 1.165) is 18.4 Å². The molecule has 2 aromatic rings. The summed E-state index contributed by atoms with van der Waals surface area (Å²) in [5, 5.41) is 12.2. The second kappa shape index (κ2) is 8.24. The Hall–Kier alpha value is -1.86. The molecule has 0 bridgehead atoms.